The molecular weight excluding hydrogens is 444 g/mol. The SMILES string of the molecule is CC(=O)[C@@H](NC(=O)/C(I)=C/I)C1CCCCC1. The van der Waals surface area contributed by atoms with Gasteiger partial charge >= 0.3 is 0 Å². The molecule has 0 spiro atoms. The summed E-state index contributed by atoms with van der Waals surface area (Å²) in [7, 11) is 0. The molecule has 17 heavy (non-hydrogen) atoms. The van der Waals surface area contributed by atoms with Crippen LogP contribution >= 0.6 is 45.2 Å². The van der Waals surface area contributed by atoms with Crippen molar-refractivity contribution < 1.29 is 9.59 Å². The lowest BCUT2D eigenvalue weighted by Crippen LogP contribution is -2.45. The zero-order valence-corrected chi connectivity index (χ0v) is 14.2. The Labute approximate surface area is 129 Å². The molecule has 0 unspecified atom stereocenters. The number of rotatable bonds is 4. The lowest BCUT2D eigenvalue weighted by atomic mass is 9.82. The molecule has 1 fully saturated rings. The molecule has 1 aliphatic rings. The molecule has 0 aromatic rings. The maximum absolute atomic E-state index is 11.8. The van der Waals surface area contributed by atoms with Crippen molar-refractivity contribution in [2.45, 2.75) is 45.1 Å². The first-order valence-corrected chi connectivity index (χ1v) is 8.16. The van der Waals surface area contributed by atoms with Crippen LogP contribution in [0.5, 0.6) is 0 Å². The monoisotopic (exact) mass is 461 g/mol. The van der Waals surface area contributed by atoms with Crippen LogP contribution in [-0.4, -0.2) is 17.7 Å². The van der Waals surface area contributed by atoms with Gasteiger partial charge in [-0.3, -0.25) is 9.59 Å². The Kier molecular flexibility index (Phi) is 6.98. The van der Waals surface area contributed by atoms with E-state index in [0.29, 0.717) is 9.50 Å². The Morgan fingerprint density at radius 1 is 1.29 bits per heavy atom. The molecule has 0 aliphatic heterocycles. The van der Waals surface area contributed by atoms with Crippen LogP contribution in [-0.2, 0) is 9.59 Å². The van der Waals surface area contributed by atoms with Gasteiger partial charge in [0, 0.05) is 0 Å². The van der Waals surface area contributed by atoms with E-state index < -0.39 is 0 Å². The van der Waals surface area contributed by atoms with Crippen LogP contribution in [0.3, 0.4) is 0 Å². The van der Waals surface area contributed by atoms with Gasteiger partial charge in [0.1, 0.15) is 0 Å². The summed E-state index contributed by atoms with van der Waals surface area (Å²) in [5.74, 6) is 0.261. The lowest BCUT2D eigenvalue weighted by Gasteiger charge is -2.29. The molecule has 0 saturated heterocycles. The number of halogens is 2. The smallest absolute Gasteiger partial charge is 0.258 e. The summed E-state index contributed by atoms with van der Waals surface area (Å²) in [6.07, 6.45) is 5.69. The number of ketones is 1. The number of amides is 1. The van der Waals surface area contributed by atoms with Crippen molar-refractivity contribution in [3.63, 3.8) is 0 Å². The van der Waals surface area contributed by atoms with E-state index in [0.717, 1.165) is 12.8 Å². The highest BCUT2D eigenvalue weighted by atomic mass is 127. The maximum atomic E-state index is 11.8. The van der Waals surface area contributed by atoms with E-state index in [2.05, 4.69) is 5.32 Å². The van der Waals surface area contributed by atoms with Crippen LogP contribution in [0.1, 0.15) is 39.0 Å². The molecule has 1 atom stereocenters. The summed E-state index contributed by atoms with van der Waals surface area (Å²) < 4.78 is 2.36. The van der Waals surface area contributed by atoms with E-state index >= 15 is 0 Å². The summed E-state index contributed by atoms with van der Waals surface area (Å²) in [5, 5.41) is 2.87. The molecule has 0 radical (unpaired) electrons. The van der Waals surface area contributed by atoms with E-state index in [1.54, 1.807) is 11.0 Å². The molecule has 3 nitrogen and oxygen atoms in total. The normalized spacial score (nSPS) is 19.8. The van der Waals surface area contributed by atoms with Gasteiger partial charge in [-0.05, 0) is 52.4 Å². The van der Waals surface area contributed by atoms with Crippen molar-refractivity contribution >= 4 is 56.9 Å². The predicted octanol–water partition coefficient (Wildman–Crippen LogP) is 3.35. The molecule has 0 heterocycles. The summed E-state index contributed by atoms with van der Waals surface area (Å²) >= 11 is 4.02. The fourth-order valence-electron chi connectivity index (χ4n) is 2.28. The largest absolute Gasteiger partial charge is 0.342 e. The van der Waals surface area contributed by atoms with Gasteiger partial charge < -0.3 is 5.32 Å². The van der Waals surface area contributed by atoms with E-state index in [1.807, 2.05) is 45.2 Å². The average molecular weight is 461 g/mol. The Balaban J connectivity index is 2.66. The second-order valence-corrected chi connectivity index (χ2v) is 6.20. The first-order valence-electron chi connectivity index (χ1n) is 5.83. The van der Waals surface area contributed by atoms with Gasteiger partial charge in [-0.2, -0.15) is 0 Å². The first-order chi connectivity index (χ1) is 8.06. The number of nitrogens with one attached hydrogen (secondary N) is 1. The summed E-state index contributed by atoms with van der Waals surface area (Å²) in [5.41, 5.74) is 0. The predicted molar refractivity (Wildman–Crippen MR) is 85.3 cm³/mol. The topological polar surface area (TPSA) is 46.2 Å². The number of carbonyl (C=O) groups is 2. The summed E-state index contributed by atoms with van der Waals surface area (Å²) in [6, 6.07) is -0.302. The minimum absolute atomic E-state index is 0.0721. The second kappa shape index (κ2) is 7.70. The van der Waals surface area contributed by atoms with Gasteiger partial charge in [-0.25, -0.2) is 0 Å². The Morgan fingerprint density at radius 2 is 1.88 bits per heavy atom. The van der Waals surface area contributed by atoms with Crippen molar-refractivity contribution in [3.8, 4) is 0 Å². The molecule has 1 aliphatic carbocycles. The number of hydrogen-bond acceptors (Lipinski definition) is 2. The van der Waals surface area contributed by atoms with Crippen LogP contribution in [0.15, 0.2) is 7.66 Å². The molecular formula is C12H17I2NO2. The zero-order valence-electron chi connectivity index (χ0n) is 9.84. The van der Waals surface area contributed by atoms with Gasteiger partial charge in [0.2, 0.25) is 0 Å². The minimum Gasteiger partial charge on any atom is -0.342 e. The number of carbonyl (C=O) groups excluding carboxylic acids is 2. The number of hydrogen-bond donors (Lipinski definition) is 1. The van der Waals surface area contributed by atoms with Crippen LogP contribution in [0.2, 0.25) is 0 Å². The van der Waals surface area contributed by atoms with Crippen molar-refractivity contribution in [2.75, 3.05) is 0 Å². The zero-order chi connectivity index (χ0) is 12.8. The molecule has 1 rings (SSSR count). The third-order valence-electron chi connectivity index (χ3n) is 3.16. The Morgan fingerprint density at radius 3 is 2.35 bits per heavy atom. The quantitative estimate of drug-likeness (QED) is 0.516. The Hall–Kier alpha value is 0.340. The third-order valence-corrected chi connectivity index (χ3v) is 5.77. The van der Waals surface area contributed by atoms with E-state index in [9.17, 15) is 9.59 Å². The first kappa shape index (κ1) is 15.4. The minimum atomic E-state index is -0.302. The number of Topliss-reactive ketones (excluding diaryl/α,β-unsaturated/α-hetero) is 1. The highest BCUT2D eigenvalue weighted by Gasteiger charge is 2.28. The van der Waals surface area contributed by atoms with Crippen LogP contribution in [0.4, 0.5) is 0 Å². The molecule has 1 saturated carbocycles. The third kappa shape index (κ3) is 4.84. The van der Waals surface area contributed by atoms with Crippen molar-refractivity contribution in [1.82, 2.24) is 5.32 Å². The Bertz CT molecular complexity index is 322. The lowest BCUT2D eigenvalue weighted by molar-refractivity contribution is -0.126. The van der Waals surface area contributed by atoms with Crippen LogP contribution in [0, 0.1) is 5.92 Å². The molecule has 1 N–H and O–H groups in total. The van der Waals surface area contributed by atoms with Crippen molar-refractivity contribution in [3.05, 3.63) is 7.66 Å². The van der Waals surface area contributed by atoms with Gasteiger partial charge in [-0.1, -0.05) is 41.9 Å². The van der Waals surface area contributed by atoms with Crippen LogP contribution < -0.4 is 5.32 Å². The fourth-order valence-corrected chi connectivity index (χ4v) is 2.72. The average Bonchev–Trinajstić information content (AvgIpc) is 2.35. The van der Waals surface area contributed by atoms with Crippen LogP contribution in [0.25, 0.3) is 0 Å². The fraction of sp³-hybridized carbons (Fsp3) is 0.667. The van der Waals surface area contributed by atoms with Gasteiger partial charge in [0.15, 0.2) is 5.78 Å². The van der Waals surface area contributed by atoms with Crippen molar-refractivity contribution in [1.29, 1.82) is 0 Å². The molecule has 96 valence electrons. The summed E-state index contributed by atoms with van der Waals surface area (Å²) in [4.78, 5) is 23.4. The van der Waals surface area contributed by atoms with Gasteiger partial charge in [-0.15, -0.1) is 0 Å². The molecule has 5 heteroatoms. The standard InChI is InChI=1S/C12H17I2NO2/c1-8(16)11(9-5-3-2-4-6-9)15-12(17)10(14)7-13/h7,9,11H,2-6H2,1H3,(H,15,17)/b10-7-/t11-/m1/s1. The maximum Gasteiger partial charge on any atom is 0.258 e. The highest BCUT2D eigenvalue weighted by Crippen LogP contribution is 2.27. The van der Waals surface area contributed by atoms with E-state index in [1.165, 1.54) is 19.3 Å². The summed E-state index contributed by atoms with van der Waals surface area (Å²) in [6.45, 7) is 1.57. The molecule has 1 amide bonds. The van der Waals surface area contributed by atoms with E-state index in [4.69, 9.17) is 0 Å². The highest BCUT2D eigenvalue weighted by molar-refractivity contribution is 14.1. The molecule has 0 aromatic heterocycles. The van der Waals surface area contributed by atoms with Gasteiger partial charge in [0.25, 0.3) is 5.91 Å². The second-order valence-electron chi connectivity index (χ2n) is 4.42. The molecule has 0 bridgehead atoms. The molecule has 0 aromatic carbocycles. The van der Waals surface area contributed by atoms with Crippen molar-refractivity contribution in [2.24, 2.45) is 5.92 Å². The van der Waals surface area contributed by atoms with Gasteiger partial charge in [0.05, 0.1) is 9.62 Å². The van der Waals surface area contributed by atoms with E-state index in [-0.39, 0.29) is 17.7 Å².